The largest absolute Gasteiger partial charge is 0.460 e. The van der Waals surface area contributed by atoms with Gasteiger partial charge in [0.05, 0.1) is 23.9 Å². The number of esters is 1. The second-order valence-electron chi connectivity index (χ2n) is 22.3. The summed E-state index contributed by atoms with van der Waals surface area (Å²) in [6, 6.07) is 17.5. The predicted octanol–water partition coefficient (Wildman–Crippen LogP) is 9.19. The van der Waals surface area contributed by atoms with Crippen molar-refractivity contribution in [2.24, 2.45) is 35.5 Å². The number of piperidine rings is 1. The minimum atomic E-state index is -0.852. The molecule has 2 aromatic carbocycles. The zero-order valence-corrected chi connectivity index (χ0v) is 42.3. The van der Waals surface area contributed by atoms with E-state index >= 15 is 0 Å². The number of alkyl carbamates (subject to hydrolysis) is 1. The monoisotopic (exact) mass is 941 g/mol. The van der Waals surface area contributed by atoms with Crippen LogP contribution in [0.4, 0.5) is 4.79 Å². The van der Waals surface area contributed by atoms with Crippen LogP contribution in [0, 0.1) is 35.5 Å². The Morgan fingerprint density at radius 2 is 1.46 bits per heavy atom. The molecule has 0 bridgehead atoms. The number of amides is 3. The molecule has 5 rings (SSSR count). The van der Waals surface area contributed by atoms with Crippen molar-refractivity contribution in [1.29, 1.82) is 0 Å². The third-order valence-corrected chi connectivity index (χ3v) is 13.6. The molecule has 13 heteroatoms. The van der Waals surface area contributed by atoms with Crippen molar-refractivity contribution in [2.45, 2.75) is 175 Å². The van der Waals surface area contributed by atoms with Crippen LogP contribution in [0.2, 0.25) is 0 Å². The number of carbonyl (C=O) groups excluding carboxylic acids is 6. The van der Waals surface area contributed by atoms with Gasteiger partial charge in [0.2, 0.25) is 11.8 Å². The lowest BCUT2D eigenvalue weighted by Gasteiger charge is -2.51. The number of hydroxylamine groups is 2. The molecule has 2 heterocycles. The van der Waals surface area contributed by atoms with Gasteiger partial charge >= 0.3 is 12.1 Å². The lowest BCUT2D eigenvalue weighted by atomic mass is 9.73. The van der Waals surface area contributed by atoms with E-state index in [9.17, 15) is 34.0 Å². The van der Waals surface area contributed by atoms with Crippen LogP contribution >= 0.6 is 0 Å². The average molecular weight is 941 g/mol. The number of rotatable bonds is 23. The maximum Gasteiger partial charge on any atom is 0.407 e. The van der Waals surface area contributed by atoms with Gasteiger partial charge in [0.1, 0.15) is 12.2 Å². The SMILES string of the molecule is CC(C)C[C@H](/C=C/[C@H](Cc1ccccc1)C(=O)N1CCC[C@H]1C(=O)C[C@H](C(=O)N[C@@H](CCCNC(=O)OCc1ccccc1)C(=O)CC1CC(C)(C)N(O)C(C)(C)C1)C1CC1)C(=O)OC(C)(C)C. The Morgan fingerprint density at radius 3 is 2.04 bits per heavy atom. The Kier molecular flexibility index (Phi) is 19.2. The Hall–Kier alpha value is -4.88. The molecule has 0 unspecified atom stereocenters. The number of hydrogen-bond donors (Lipinski definition) is 3. The summed E-state index contributed by atoms with van der Waals surface area (Å²) >= 11 is 0. The molecule has 0 radical (unpaired) electrons. The highest BCUT2D eigenvalue weighted by atomic mass is 16.6. The molecule has 374 valence electrons. The van der Waals surface area contributed by atoms with Crippen LogP contribution in [0.1, 0.15) is 144 Å². The van der Waals surface area contributed by atoms with Crippen molar-refractivity contribution in [3.05, 3.63) is 83.9 Å². The van der Waals surface area contributed by atoms with E-state index in [2.05, 4.69) is 10.6 Å². The van der Waals surface area contributed by atoms with Gasteiger partial charge in [0.25, 0.3) is 0 Å². The highest BCUT2D eigenvalue weighted by molar-refractivity contribution is 5.95. The van der Waals surface area contributed by atoms with E-state index in [4.69, 9.17) is 9.47 Å². The van der Waals surface area contributed by atoms with E-state index in [-0.39, 0.29) is 79.5 Å². The third-order valence-electron chi connectivity index (χ3n) is 13.6. The Morgan fingerprint density at radius 1 is 0.853 bits per heavy atom. The van der Waals surface area contributed by atoms with E-state index in [1.807, 2.05) is 135 Å². The van der Waals surface area contributed by atoms with Crippen molar-refractivity contribution in [3.63, 3.8) is 0 Å². The lowest BCUT2D eigenvalue weighted by Crippen LogP contribution is -2.59. The normalized spacial score (nSPS) is 20.3. The smallest absolute Gasteiger partial charge is 0.407 e. The van der Waals surface area contributed by atoms with Gasteiger partial charge in [-0.2, -0.15) is 5.06 Å². The fourth-order valence-corrected chi connectivity index (χ4v) is 10.3. The Labute approximate surface area is 405 Å². The van der Waals surface area contributed by atoms with E-state index in [1.165, 1.54) is 5.06 Å². The summed E-state index contributed by atoms with van der Waals surface area (Å²) in [6.07, 6.45) is 8.70. The molecule has 5 atom stereocenters. The first-order chi connectivity index (χ1) is 32.0. The first-order valence-electron chi connectivity index (χ1n) is 25.1. The summed E-state index contributed by atoms with van der Waals surface area (Å²) < 4.78 is 11.1. The molecule has 1 saturated carbocycles. The molecule has 13 nitrogen and oxygen atoms in total. The molecular weight excluding hydrogens is 861 g/mol. The van der Waals surface area contributed by atoms with Crippen LogP contribution in [-0.4, -0.2) is 92.5 Å². The number of likely N-dealkylation sites (tertiary alicyclic amines) is 1. The molecule has 3 aliphatic rings. The standard InChI is InChI=1S/C55H80N4O9/c1-37(2)30-43(51(64)68-53(3,4)5)27-26-42(31-38-18-12-10-13-19-38)50(63)58-29-17-23-46(58)48(61)33-44(41-24-25-41)49(62)57-45(22-16-28-56-52(65)67-36-39-20-14-11-15-21-39)47(60)32-40-34-54(6,7)59(66)55(8,9)35-40/h10-15,18-21,26-27,37,40-46,66H,16-17,22-25,28-36H2,1-9H3,(H,56,65)(H,57,62)/b27-26+/t42-,43+,44+,45+,46+/m1/s1. The van der Waals surface area contributed by atoms with Crippen molar-refractivity contribution >= 4 is 35.4 Å². The number of Topliss-reactive ketones (excluding diaryl/α,β-unsaturated/α-hetero) is 2. The lowest BCUT2D eigenvalue weighted by molar-refractivity contribution is -0.251. The predicted molar refractivity (Wildman–Crippen MR) is 262 cm³/mol. The summed E-state index contributed by atoms with van der Waals surface area (Å²) in [7, 11) is 0. The average Bonchev–Trinajstić information content (AvgIpc) is 3.99. The second kappa shape index (κ2) is 24.1. The number of carbonyl (C=O) groups is 6. The molecule has 2 saturated heterocycles. The molecule has 68 heavy (non-hydrogen) atoms. The van der Waals surface area contributed by atoms with Crippen LogP contribution in [-0.2, 0) is 46.5 Å². The molecule has 0 aromatic heterocycles. The van der Waals surface area contributed by atoms with Gasteiger partial charge in [-0.1, -0.05) is 86.7 Å². The summed E-state index contributed by atoms with van der Waals surface area (Å²) in [6.45, 7) is 18.2. The van der Waals surface area contributed by atoms with Crippen LogP contribution in [0.25, 0.3) is 0 Å². The molecule has 3 fully saturated rings. The van der Waals surface area contributed by atoms with Crippen LogP contribution in [0.3, 0.4) is 0 Å². The van der Waals surface area contributed by atoms with E-state index < -0.39 is 52.6 Å². The van der Waals surface area contributed by atoms with Crippen molar-refractivity contribution < 1.29 is 43.4 Å². The third kappa shape index (κ3) is 16.4. The molecular formula is C55H80N4O9. The fourth-order valence-electron chi connectivity index (χ4n) is 10.3. The second-order valence-corrected chi connectivity index (χ2v) is 22.3. The molecule has 3 N–H and O–H groups in total. The first kappa shape index (κ1) is 54.1. The van der Waals surface area contributed by atoms with Crippen LogP contribution in [0.15, 0.2) is 72.8 Å². The first-order valence-corrected chi connectivity index (χ1v) is 25.1. The summed E-state index contributed by atoms with van der Waals surface area (Å²) in [5, 5.41) is 18.2. The van der Waals surface area contributed by atoms with Crippen LogP contribution in [0.5, 0.6) is 0 Å². The zero-order valence-electron chi connectivity index (χ0n) is 42.3. The number of nitrogens with one attached hydrogen (secondary N) is 2. The van der Waals surface area contributed by atoms with Gasteiger partial charge < -0.3 is 30.2 Å². The van der Waals surface area contributed by atoms with Gasteiger partial charge in [-0.15, -0.1) is 0 Å². The molecule has 3 amide bonds. The number of nitrogens with zero attached hydrogens (tertiary/aromatic N) is 2. The minimum absolute atomic E-state index is 0.0173. The van der Waals surface area contributed by atoms with Gasteiger partial charge in [-0.25, -0.2) is 4.79 Å². The fraction of sp³-hybridized carbons (Fsp3) is 0.636. The van der Waals surface area contributed by atoms with E-state index in [1.54, 1.807) is 4.90 Å². The molecule has 0 spiro atoms. The Balaban J connectivity index is 1.29. The van der Waals surface area contributed by atoms with Gasteiger partial charge in [0.15, 0.2) is 11.6 Å². The van der Waals surface area contributed by atoms with Gasteiger partial charge in [-0.3, -0.25) is 24.0 Å². The molecule has 2 aromatic rings. The highest BCUT2D eigenvalue weighted by Gasteiger charge is 2.47. The topological polar surface area (TPSA) is 172 Å². The Bertz CT molecular complexity index is 2020. The van der Waals surface area contributed by atoms with Crippen molar-refractivity contribution in [3.8, 4) is 0 Å². The number of hydrogen-bond acceptors (Lipinski definition) is 10. The summed E-state index contributed by atoms with van der Waals surface area (Å²) in [4.78, 5) is 85.4. The number of ether oxygens (including phenoxy) is 2. The maximum absolute atomic E-state index is 14.7. The van der Waals surface area contributed by atoms with Crippen molar-refractivity contribution in [2.75, 3.05) is 13.1 Å². The minimum Gasteiger partial charge on any atom is -0.460 e. The van der Waals surface area contributed by atoms with Crippen molar-refractivity contribution in [1.82, 2.24) is 20.6 Å². The zero-order chi connectivity index (χ0) is 49.8. The van der Waals surface area contributed by atoms with Gasteiger partial charge in [0, 0.05) is 42.9 Å². The highest BCUT2D eigenvalue weighted by Crippen LogP contribution is 2.42. The van der Waals surface area contributed by atoms with E-state index in [0.717, 1.165) is 24.0 Å². The van der Waals surface area contributed by atoms with E-state index in [0.29, 0.717) is 51.5 Å². The number of benzene rings is 2. The number of ketones is 2. The molecule has 1 aliphatic carbocycles. The van der Waals surface area contributed by atoms with Gasteiger partial charge in [-0.05, 0) is 142 Å². The quantitative estimate of drug-likeness (QED) is 0.0554. The molecule has 2 aliphatic heterocycles. The summed E-state index contributed by atoms with van der Waals surface area (Å²) in [5.74, 6) is -2.87. The van der Waals surface area contributed by atoms with Crippen LogP contribution < -0.4 is 10.6 Å². The summed E-state index contributed by atoms with van der Waals surface area (Å²) in [5.41, 5.74) is 0.0270. The maximum atomic E-state index is 14.7.